The molecule has 3 rings (SSSR count). The zero-order valence-electron chi connectivity index (χ0n) is 10.9. The number of hydrogen-bond donors (Lipinski definition) is 1. The standard InChI is InChI=1S/C13H17N5O/c1-10-7-8-14-9-12(10)19-13-15-16-17-18(13)11-5-3-2-4-6-11/h2-6,10,12,14H,7-9H2,1H3. The van der Waals surface area contributed by atoms with E-state index in [1.54, 1.807) is 4.68 Å². The Morgan fingerprint density at radius 3 is 2.95 bits per heavy atom. The van der Waals surface area contributed by atoms with Gasteiger partial charge in [-0.3, -0.25) is 0 Å². The molecule has 0 spiro atoms. The lowest BCUT2D eigenvalue weighted by molar-refractivity contribution is 0.101. The molecule has 2 heterocycles. The van der Waals surface area contributed by atoms with Gasteiger partial charge in [0.15, 0.2) is 0 Å². The van der Waals surface area contributed by atoms with Gasteiger partial charge in [-0.25, -0.2) is 0 Å². The molecule has 1 aromatic carbocycles. The molecule has 0 aliphatic carbocycles. The molecule has 1 saturated heterocycles. The Bertz CT molecular complexity index is 527. The Labute approximate surface area is 111 Å². The summed E-state index contributed by atoms with van der Waals surface area (Å²) in [6.45, 7) is 4.08. The van der Waals surface area contributed by atoms with Crippen molar-refractivity contribution in [1.29, 1.82) is 0 Å². The maximum absolute atomic E-state index is 5.96. The lowest BCUT2D eigenvalue weighted by atomic mass is 9.97. The van der Waals surface area contributed by atoms with Gasteiger partial charge in [0.2, 0.25) is 0 Å². The number of benzene rings is 1. The minimum atomic E-state index is 0.113. The smallest absolute Gasteiger partial charge is 0.340 e. The fourth-order valence-electron chi connectivity index (χ4n) is 2.24. The molecule has 0 radical (unpaired) electrons. The number of aromatic nitrogens is 4. The summed E-state index contributed by atoms with van der Waals surface area (Å²) in [5.41, 5.74) is 0.902. The van der Waals surface area contributed by atoms with E-state index in [-0.39, 0.29) is 6.10 Å². The summed E-state index contributed by atoms with van der Waals surface area (Å²) in [6, 6.07) is 10.2. The van der Waals surface area contributed by atoms with Crippen molar-refractivity contribution in [3.8, 4) is 11.7 Å². The highest BCUT2D eigenvalue weighted by Crippen LogP contribution is 2.19. The van der Waals surface area contributed by atoms with Gasteiger partial charge in [0.25, 0.3) is 0 Å². The van der Waals surface area contributed by atoms with Crippen LogP contribution in [0.1, 0.15) is 13.3 Å². The van der Waals surface area contributed by atoms with Crippen LogP contribution in [-0.2, 0) is 0 Å². The molecule has 6 nitrogen and oxygen atoms in total. The summed E-state index contributed by atoms with van der Waals surface area (Å²) in [6.07, 6.45) is 1.22. The fourth-order valence-corrected chi connectivity index (χ4v) is 2.24. The SMILES string of the molecule is CC1CCNCC1Oc1nnnn1-c1ccccc1. The van der Waals surface area contributed by atoms with E-state index in [0.717, 1.165) is 25.2 Å². The van der Waals surface area contributed by atoms with Crippen molar-refractivity contribution in [2.45, 2.75) is 19.4 Å². The van der Waals surface area contributed by atoms with E-state index in [1.165, 1.54) is 0 Å². The van der Waals surface area contributed by atoms with Crippen molar-refractivity contribution in [1.82, 2.24) is 25.5 Å². The Morgan fingerprint density at radius 1 is 1.32 bits per heavy atom. The minimum Gasteiger partial charge on any atom is -0.457 e. The molecule has 1 aliphatic heterocycles. The molecule has 0 saturated carbocycles. The van der Waals surface area contributed by atoms with Crippen LogP contribution in [0.3, 0.4) is 0 Å². The average molecular weight is 259 g/mol. The number of tetrazole rings is 1. The summed E-state index contributed by atoms with van der Waals surface area (Å²) >= 11 is 0. The number of rotatable bonds is 3. The minimum absolute atomic E-state index is 0.113. The van der Waals surface area contributed by atoms with Gasteiger partial charge in [-0.15, -0.1) is 0 Å². The predicted molar refractivity (Wildman–Crippen MR) is 70.2 cm³/mol. The maximum atomic E-state index is 5.96. The highest BCUT2D eigenvalue weighted by Gasteiger charge is 2.25. The van der Waals surface area contributed by atoms with Gasteiger partial charge in [-0.2, -0.15) is 4.68 Å². The molecule has 6 heteroatoms. The molecule has 2 aromatic rings. The fraction of sp³-hybridized carbons (Fsp3) is 0.462. The van der Waals surface area contributed by atoms with Crippen LogP contribution in [0.2, 0.25) is 0 Å². The monoisotopic (exact) mass is 259 g/mol. The van der Waals surface area contributed by atoms with Crippen LogP contribution in [0.25, 0.3) is 5.69 Å². The van der Waals surface area contributed by atoms with Gasteiger partial charge in [0.05, 0.1) is 5.69 Å². The maximum Gasteiger partial charge on any atom is 0.340 e. The summed E-state index contributed by atoms with van der Waals surface area (Å²) < 4.78 is 7.58. The third-order valence-corrected chi connectivity index (χ3v) is 3.46. The van der Waals surface area contributed by atoms with Crippen molar-refractivity contribution in [2.75, 3.05) is 13.1 Å². The zero-order valence-corrected chi connectivity index (χ0v) is 10.9. The molecular weight excluding hydrogens is 242 g/mol. The second-order valence-corrected chi connectivity index (χ2v) is 4.84. The summed E-state index contributed by atoms with van der Waals surface area (Å²) in [4.78, 5) is 0. The number of piperidine rings is 1. The molecule has 1 aliphatic rings. The van der Waals surface area contributed by atoms with Crippen LogP contribution in [-0.4, -0.2) is 39.4 Å². The Balaban J connectivity index is 1.81. The molecule has 0 amide bonds. The molecule has 2 atom stereocenters. The van der Waals surface area contributed by atoms with Crippen LogP contribution in [0.15, 0.2) is 30.3 Å². The van der Waals surface area contributed by atoms with Crippen LogP contribution >= 0.6 is 0 Å². The number of nitrogens with zero attached hydrogens (tertiary/aromatic N) is 4. The topological polar surface area (TPSA) is 64.9 Å². The lowest BCUT2D eigenvalue weighted by Gasteiger charge is -2.29. The van der Waals surface area contributed by atoms with Crippen LogP contribution in [0.4, 0.5) is 0 Å². The van der Waals surface area contributed by atoms with Gasteiger partial charge < -0.3 is 10.1 Å². The largest absolute Gasteiger partial charge is 0.457 e. The van der Waals surface area contributed by atoms with Crippen molar-refractivity contribution in [2.24, 2.45) is 5.92 Å². The summed E-state index contributed by atoms with van der Waals surface area (Å²) in [5, 5.41) is 15.0. The Kier molecular flexibility index (Phi) is 3.41. The first kappa shape index (κ1) is 12.1. The summed E-state index contributed by atoms with van der Waals surface area (Å²) in [7, 11) is 0. The first-order valence-electron chi connectivity index (χ1n) is 6.56. The number of nitrogens with one attached hydrogen (secondary N) is 1. The van der Waals surface area contributed by atoms with Crippen LogP contribution < -0.4 is 10.1 Å². The second-order valence-electron chi connectivity index (χ2n) is 4.84. The molecule has 2 unspecified atom stereocenters. The first-order valence-corrected chi connectivity index (χ1v) is 6.56. The quantitative estimate of drug-likeness (QED) is 0.892. The predicted octanol–water partition coefficient (Wildman–Crippen LogP) is 1.04. The molecule has 0 bridgehead atoms. The van der Waals surface area contributed by atoms with Crippen LogP contribution in [0.5, 0.6) is 6.01 Å². The van der Waals surface area contributed by atoms with E-state index in [0.29, 0.717) is 11.9 Å². The number of ether oxygens (including phenoxy) is 1. The summed E-state index contributed by atoms with van der Waals surface area (Å²) in [5.74, 6) is 0.502. The van der Waals surface area contributed by atoms with E-state index in [9.17, 15) is 0 Å². The Morgan fingerprint density at radius 2 is 2.16 bits per heavy atom. The van der Waals surface area contributed by atoms with E-state index in [4.69, 9.17) is 4.74 Å². The van der Waals surface area contributed by atoms with Crippen molar-refractivity contribution < 1.29 is 4.74 Å². The van der Waals surface area contributed by atoms with Crippen molar-refractivity contribution in [3.05, 3.63) is 30.3 Å². The number of hydrogen-bond acceptors (Lipinski definition) is 5. The molecule has 1 fully saturated rings. The lowest BCUT2D eigenvalue weighted by Crippen LogP contribution is -2.43. The van der Waals surface area contributed by atoms with E-state index < -0.39 is 0 Å². The highest BCUT2D eigenvalue weighted by atomic mass is 16.5. The van der Waals surface area contributed by atoms with Gasteiger partial charge in [-0.05, 0) is 41.4 Å². The van der Waals surface area contributed by atoms with Crippen molar-refractivity contribution in [3.63, 3.8) is 0 Å². The zero-order chi connectivity index (χ0) is 13.1. The third-order valence-electron chi connectivity index (χ3n) is 3.46. The Hall–Kier alpha value is -1.95. The molecule has 19 heavy (non-hydrogen) atoms. The van der Waals surface area contributed by atoms with E-state index >= 15 is 0 Å². The van der Waals surface area contributed by atoms with Gasteiger partial charge in [0, 0.05) is 6.54 Å². The highest BCUT2D eigenvalue weighted by molar-refractivity contribution is 5.31. The molecule has 100 valence electrons. The van der Waals surface area contributed by atoms with Crippen LogP contribution in [0, 0.1) is 5.92 Å². The number of para-hydroxylation sites is 1. The molecular formula is C13H17N5O. The molecule has 1 aromatic heterocycles. The second kappa shape index (κ2) is 5.36. The normalized spacial score (nSPS) is 23.2. The third kappa shape index (κ3) is 2.58. The molecule has 1 N–H and O–H groups in total. The first-order chi connectivity index (χ1) is 9.34. The average Bonchev–Trinajstić information content (AvgIpc) is 2.91. The van der Waals surface area contributed by atoms with Gasteiger partial charge >= 0.3 is 6.01 Å². The van der Waals surface area contributed by atoms with E-state index in [2.05, 4.69) is 27.8 Å². The van der Waals surface area contributed by atoms with Gasteiger partial charge in [0.1, 0.15) is 6.10 Å². The van der Waals surface area contributed by atoms with E-state index in [1.807, 2.05) is 30.3 Å². The van der Waals surface area contributed by atoms with Gasteiger partial charge in [-0.1, -0.05) is 30.2 Å². The van der Waals surface area contributed by atoms with Crippen molar-refractivity contribution >= 4 is 0 Å².